The van der Waals surface area contributed by atoms with Crippen LogP contribution in [0.2, 0.25) is 0 Å². The molecule has 2 bridgehead atoms. The number of piperidine rings is 3. The van der Waals surface area contributed by atoms with Crippen molar-refractivity contribution in [2.75, 3.05) is 26.2 Å². The second-order valence-corrected chi connectivity index (χ2v) is 9.23. The second kappa shape index (κ2) is 7.24. The van der Waals surface area contributed by atoms with Crippen molar-refractivity contribution in [2.45, 2.75) is 31.7 Å². The van der Waals surface area contributed by atoms with Crippen LogP contribution in [-0.2, 0) is 11.2 Å². The van der Waals surface area contributed by atoms with Gasteiger partial charge < -0.3 is 14.2 Å². The Labute approximate surface area is 177 Å². The Hall–Kier alpha value is -2.66. The zero-order valence-electron chi connectivity index (χ0n) is 17.3. The van der Waals surface area contributed by atoms with E-state index in [-0.39, 0.29) is 6.04 Å². The Kier molecular flexibility index (Phi) is 4.38. The first-order chi connectivity index (χ1) is 14.8. The van der Waals surface area contributed by atoms with Crippen LogP contribution in [0.15, 0.2) is 55.1 Å². The van der Waals surface area contributed by atoms with Crippen molar-refractivity contribution in [2.24, 2.45) is 11.8 Å². The molecule has 6 heterocycles. The van der Waals surface area contributed by atoms with E-state index in [0.717, 1.165) is 36.5 Å². The van der Waals surface area contributed by atoms with Crippen molar-refractivity contribution in [3.8, 4) is 0 Å². The van der Waals surface area contributed by atoms with Gasteiger partial charge in [0.25, 0.3) is 0 Å². The van der Waals surface area contributed by atoms with E-state index in [0.29, 0.717) is 18.2 Å². The maximum absolute atomic E-state index is 13.6. The Morgan fingerprint density at radius 2 is 1.93 bits per heavy atom. The molecule has 2 atom stereocenters. The molecule has 0 unspecified atom stereocenters. The van der Waals surface area contributed by atoms with Crippen LogP contribution in [0.5, 0.6) is 0 Å². The van der Waals surface area contributed by atoms with Crippen LogP contribution in [0.4, 0.5) is 0 Å². The molecule has 3 fully saturated rings. The first-order valence-corrected chi connectivity index (χ1v) is 11.3. The second-order valence-electron chi connectivity index (χ2n) is 9.23. The molecule has 0 N–H and O–H groups in total. The van der Waals surface area contributed by atoms with Gasteiger partial charge in [-0.3, -0.25) is 4.79 Å². The highest BCUT2D eigenvalue weighted by atomic mass is 16.2. The third-order valence-corrected chi connectivity index (χ3v) is 7.58. The first-order valence-electron chi connectivity index (χ1n) is 11.3. The minimum Gasteiger partial charge on any atom is -0.331 e. The van der Waals surface area contributed by atoms with E-state index in [1.807, 2.05) is 12.5 Å². The van der Waals surface area contributed by atoms with Crippen molar-refractivity contribution in [1.82, 2.24) is 19.2 Å². The number of hydrogen-bond donors (Lipinski definition) is 0. The molecule has 4 aliphatic rings. The van der Waals surface area contributed by atoms with Crippen LogP contribution in [0.3, 0.4) is 0 Å². The molecule has 154 valence electrons. The summed E-state index contributed by atoms with van der Waals surface area (Å²) < 4.78 is 2.06. The molecule has 1 amide bonds. The van der Waals surface area contributed by atoms with Gasteiger partial charge in [0.1, 0.15) is 0 Å². The molecular weight excluding hydrogens is 372 g/mol. The average Bonchev–Trinajstić information content (AvgIpc) is 3.27. The third-order valence-electron chi connectivity index (χ3n) is 7.58. The van der Waals surface area contributed by atoms with Gasteiger partial charge in [0, 0.05) is 25.7 Å². The largest absolute Gasteiger partial charge is 0.331 e. The lowest BCUT2D eigenvalue weighted by Gasteiger charge is -2.46. The predicted octanol–water partition coefficient (Wildman–Crippen LogP) is 3.54. The number of carbonyl (C=O) groups excluding carboxylic acids is 1. The first kappa shape index (κ1) is 18.1. The van der Waals surface area contributed by atoms with E-state index >= 15 is 0 Å². The minimum atomic E-state index is -0.0182. The van der Waals surface area contributed by atoms with Crippen LogP contribution in [0.1, 0.15) is 42.0 Å². The van der Waals surface area contributed by atoms with E-state index in [9.17, 15) is 4.79 Å². The maximum atomic E-state index is 13.6. The summed E-state index contributed by atoms with van der Waals surface area (Å²) in [5, 5.41) is 0. The molecule has 3 saturated heterocycles. The SMILES string of the molecule is O=C(C[C@@H]1CN2CCC1CC2)N1CCc2ccccc2[C@@H]1c1ccc2cncn2c1. The highest BCUT2D eigenvalue weighted by molar-refractivity contribution is 5.78. The van der Waals surface area contributed by atoms with Crippen LogP contribution in [-0.4, -0.2) is 51.3 Å². The number of hydrogen-bond acceptors (Lipinski definition) is 3. The molecule has 0 radical (unpaired) electrons. The fraction of sp³-hybridized carbons (Fsp3) is 0.440. The molecule has 5 heteroatoms. The molecule has 30 heavy (non-hydrogen) atoms. The Balaban J connectivity index is 1.34. The summed E-state index contributed by atoms with van der Waals surface area (Å²) in [6.45, 7) is 4.34. The van der Waals surface area contributed by atoms with Crippen LogP contribution in [0.25, 0.3) is 5.52 Å². The molecule has 0 spiro atoms. The molecule has 4 aliphatic heterocycles. The zero-order chi connectivity index (χ0) is 20.1. The Bertz CT molecular complexity index is 1080. The summed E-state index contributed by atoms with van der Waals surface area (Å²) in [6.07, 6.45) is 10.0. The summed E-state index contributed by atoms with van der Waals surface area (Å²) in [5.74, 6) is 1.57. The molecule has 5 nitrogen and oxygen atoms in total. The van der Waals surface area contributed by atoms with Crippen molar-refractivity contribution in [1.29, 1.82) is 0 Å². The highest BCUT2D eigenvalue weighted by Crippen LogP contribution is 2.38. The number of fused-ring (bicyclic) bond motifs is 5. The van der Waals surface area contributed by atoms with E-state index < -0.39 is 0 Å². The van der Waals surface area contributed by atoms with Crippen molar-refractivity contribution in [3.63, 3.8) is 0 Å². The average molecular weight is 401 g/mol. The molecule has 2 aromatic heterocycles. The Morgan fingerprint density at radius 3 is 2.77 bits per heavy atom. The number of pyridine rings is 1. The fourth-order valence-corrected chi connectivity index (χ4v) is 5.95. The standard InChI is InChI=1S/C25H28N4O/c30-24(13-21-15-27-10-7-18(21)8-11-27)29-12-9-19-3-1-2-4-23(19)25(29)20-5-6-22-14-26-17-28(22)16-20/h1-6,14,16-18,21,25H,7-13,15H2/t21-,25+/m1/s1. The summed E-state index contributed by atoms with van der Waals surface area (Å²) in [5.41, 5.74) is 4.87. The molecule has 0 saturated carbocycles. The third kappa shape index (κ3) is 3.03. The van der Waals surface area contributed by atoms with Crippen LogP contribution < -0.4 is 0 Å². The number of rotatable bonds is 3. The summed E-state index contributed by atoms with van der Waals surface area (Å²) in [7, 11) is 0. The lowest BCUT2D eigenvalue weighted by atomic mass is 9.77. The topological polar surface area (TPSA) is 40.9 Å². The lowest BCUT2D eigenvalue weighted by Crippen LogP contribution is -2.49. The van der Waals surface area contributed by atoms with Gasteiger partial charge >= 0.3 is 0 Å². The smallest absolute Gasteiger partial charge is 0.223 e. The Morgan fingerprint density at radius 1 is 1.07 bits per heavy atom. The van der Waals surface area contributed by atoms with Gasteiger partial charge in [-0.2, -0.15) is 0 Å². The van der Waals surface area contributed by atoms with E-state index in [1.54, 1.807) is 0 Å². The summed E-state index contributed by atoms with van der Waals surface area (Å²) in [6, 6.07) is 12.9. The van der Waals surface area contributed by atoms with Gasteiger partial charge in [-0.25, -0.2) is 4.98 Å². The monoisotopic (exact) mass is 400 g/mol. The lowest BCUT2D eigenvalue weighted by molar-refractivity contribution is -0.136. The normalized spacial score (nSPS) is 27.9. The fourth-order valence-electron chi connectivity index (χ4n) is 5.95. The van der Waals surface area contributed by atoms with E-state index in [1.165, 1.54) is 37.1 Å². The van der Waals surface area contributed by atoms with Gasteiger partial charge in [0.15, 0.2) is 0 Å². The van der Waals surface area contributed by atoms with Crippen LogP contribution >= 0.6 is 0 Å². The van der Waals surface area contributed by atoms with Crippen LogP contribution in [0, 0.1) is 11.8 Å². The van der Waals surface area contributed by atoms with Gasteiger partial charge in [-0.05, 0) is 66.9 Å². The van der Waals surface area contributed by atoms with Crippen molar-refractivity contribution in [3.05, 3.63) is 71.8 Å². The number of carbonyl (C=O) groups is 1. The quantitative estimate of drug-likeness (QED) is 0.675. The number of benzene rings is 1. The maximum Gasteiger partial charge on any atom is 0.223 e. The van der Waals surface area contributed by atoms with E-state index in [2.05, 4.69) is 61.8 Å². The molecule has 0 aliphatic carbocycles. The molecule has 7 rings (SSSR count). The number of amides is 1. The number of imidazole rings is 1. The molecular formula is C25H28N4O. The van der Waals surface area contributed by atoms with Gasteiger partial charge in [0.05, 0.1) is 24.1 Å². The summed E-state index contributed by atoms with van der Waals surface area (Å²) >= 11 is 0. The number of nitrogens with zero attached hydrogens (tertiary/aromatic N) is 4. The number of aromatic nitrogens is 2. The van der Waals surface area contributed by atoms with E-state index in [4.69, 9.17) is 0 Å². The molecule has 3 aromatic rings. The predicted molar refractivity (Wildman–Crippen MR) is 116 cm³/mol. The van der Waals surface area contributed by atoms with Gasteiger partial charge in [0.2, 0.25) is 5.91 Å². The van der Waals surface area contributed by atoms with Gasteiger partial charge in [-0.15, -0.1) is 0 Å². The van der Waals surface area contributed by atoms with Crippen molar-refractivity contribution >= 4 is 11.4 Å². The highest BCUT2D eigenvalue weighted by Gasteiger charge is 2.38. The van der Waals surface area contributed by atoms with Gasteiger partial charge in [-0.1, -0.05) is 30.3 Å². The van der Waals surface area contributed by atoms with Crippen molar-refractivity contribution < 1.29 is 4.79 Å². The zero-order valence-corrected chi connectivity index (χ0v) is 17.3. The molecule has 1 aromatic carbocycles. The minimum absolute atomic E-state index is 0.0182. The summed E-state index contributed by atoms with van der Waals surface area (Å²) in [4.78, 5) is 22.6.